The number of hydrogen-bond acceptors (Lipinski definition) is 2. The van der Waals surface area contributed by atoms with Gasteiger partial charge in [0.2, 0.25) is 0 Å². The summed E-state index contributed by atoms with van der Waals surface area (Å²) in [6.45, 7) is 7.99. The topological polar surface area (TPSA) is 23.5 Å². The van der Waals surface area contributed by atoms with Crippen LogP contribution in [-0.2, 0) is 0 Å². The molecule has 0 aliphatic carbocycles. The quantitative estimate of drug-likeness (QED) is 0.896. The van der Waals surface area contributed by atoms with Crippen molar-refractivity contribution in [2.75, 3.05) is 19.6 Å². The Bertz CT molecular complexity index is 433. The van der Waals surface area contributed by atoms with E-state index in [1.54, 1.807) is 0 Å². The van der Waals surface area contributed by atoms with Gasteiger partial charge in [-0.15, -0.1) is 0 Å². The second kappa shape index (κ2) is 6.93. The van der Waals surface area contributed by atoms with Gasteiger partial charge in [0.15, 0.2) is 0 Å². The Morgan fingerprint density at radius 1 is 1.30 bits per heavy atom. The molecule has 0 saturated carbocycles. The largest absolute Gasteiger partial charge is 0.388 e. The molecule has 1 aliphatic rings. The van der Waals surface area contributed by atoms with Gasteiger partial charge in [-0.3, -0.25) is 0 Å². The first-order valence-electron chi connectivity index (χ1n) is 7.62. The van der Waals surface area contributed by atoms with Gasteiger partial charge in [0.25, 0.3) is 0 Å². The smallest absolute Gasteiger partial charge is 0.0802 e. The van der Waals surface area contributed by atoms with Gasteiger partial charge >= 0.3 is 0 Å². The van der Waals surface area contributed by atoms with E-state index in [4.69, 9.17) is 11.6 Å². The highest BCUT2D eigenvalue weighted by Crippen LogP contribution is 2.30. The minimum atomic E-state index is -0.412. The van der Waals surface area contributed by atoms with Crippen LogP contribution >= 0.6 is 11.6 Å². The highest BCUT2D eigenvalue weighted by molar-refractivity contribution is 6.30. The van der Waals surface area contributed by atoms with Crippen LogP contribution in [-0.4, -0.2) is 29.6 Å². The Kier molecular flexibility index (Phi) is 5.48. The number of halogens is 1. The van der Waals surface area contributed by atoms with E-state index in [0.29, 0.717) is 10.4 Å². The number of hydrogen-bond donors (Lipinski definition) is 1. The Labute approximate surface area is 127 Å². The molecule has 1 atom stereocenters. The number of benzene rings is 1. The molecule has 0 radical (unpaired) electrons. The van der Waals surface area contributed by atoms with Crippen LogP contribution in [0, 0.1) is 5.41 Å². The predicted octanol–water partition coefficient (Wildman–Crippen LogP) is 4.28. The van der Waals surface area contributed by atoms with E-state index in [1.165, 1.54) is 19.3 Å². The maximum atomic E-state index is 10.3. The molecule has 1 fully saturated rings. The number of rotatable bonds is 4. The summed E-state index contributed by atoms with van der Waals surface area (Å²) < 4.78 is 0. The zero-order valence-electron chi connectivity index (χ0n) is 12.6. The van der Waals surface area contributed by atoms with E-state index in [1.807, 2.05) is 24.3 Å². The molecule has 1 aromatic rings. The van der Waals surface area contributed by atoms with Gasteiger partial charge in [-0.05, 0) is 61.9 Å². The summed E-state index contributed by atoms with van der Waals surface area (Å²) in [6, 6.07) is 7.55. The van der Waals surface area contributed by atoms with Gasteiger partial charge in [-0.1, -0.05) is 37.6 Å². The third kappa shape index (κ3) is 4.76. The minimum Gasteiger partial charge on any atom is -0.388 e. The van der Waals surface area contributed by atoms with E-state index in [2.05, 4.69) is 18.7 Å². The lowest BCUT2D eigenvalue weighted by Crippen LogP contribution is -2.27. The van der Waals surface area contributed by atoms with Gasteiger partial charge < -0.3 is 10.0 Å². The van der Waals surface area contributed by atoms with Crippen molar-refractivity contribution in [2.24, 2.45) is 5.41 Å². The van der Waals surface area contributed by atoms with Crippen molar-refractivity contribution in [1.82, 2.24) is 4.90 Å². The Balaban J connectivity index is 1.83. The monoisotopic (exact) mass is 295 g/mol. The molecule has 0 bridgehead atoms. The molecule has 1 saturated heterocycles. The molecule has 3 heteroatoms. The molecule has 0 amide bonds. The normalized spacial score (nSPS) is 21.4. The molecule has 1 heterocycles. The maximum Gasteiger partial charge on any atom is 0.0802 e. The number of aliphatic hydroxyl groups is 1. The first-order chi connectivity index (χ1) is 9.46. The molecular formula is C17H26ClNO. The fourth-order valence-electron chi connectivity index (χ4n) is 2.89. The van der Waals surface area contributed by atoms with Crippen LogP contribution in [0.3, 0.4) is 0 Å². The molecule has 20 heavy (non-hydrogen) atoms. The van der Waals surface area contributed by atoms with Gasteiger partial charge in [0, 0.05) is 11.6 Å². The Hall–Kier alpha value is -0.570. The predicted molar refractivity (Wildman–Crippen MR) is 85.1 cm³/mol. The van der Waals surface area contributed by atoms with E-state index in [9.17, 15) is 5.11 Å². The fourth-order valence-corrected chi connectivity index (χ4v) is 3.09. The summed E-state index contributed by atoms with van der Waals surface area (Å²) in [7, 11) is 0. The van der Waals surface area contributed by atoms with Crippen molar-refractivity contribution in [3.8, 4) is 0 Å². The van der Waals surface area contributed by atoms with Gasteiger partial charge in [0.1, 0.15) is 0 Å². The van der Waals surface area contributed by atoms with Crippen LogP contribution in [0.25, 0.3) is 0 Å². The zero-order chi connectivity index (χ0) is 14.6. The summed E-state index contributed by atoms with van der Waals surface area (Å²) in [5.41, 5.74) is 1.40. The van der Waals surface area contributed by atoms with Gasteiger partial charge in [-0.2, -0.15) is 0 Å². The molecule has 2 nitrogen and oxygen atoms in total. The van der Waals surface area contributed by atoms with Crippen molar-refractivity contribution in [1.29, 1.82) is 0 Å². The van der Waals surface area contributed by atoms with Crippen LogP contribution < -0.4 is 0 Å². The van der Waals surface area contributed by atoms with Crippen LogP contribution in [0.15, 0.2) is 24.3 Å². The first-order valence-corrected chi connectivity index (χ1v) is 8.00. The molecule has 112 valence electrons. The molecule has 2 rings (SSSR count). The Morgan fingerprint density at radius 3 is 2.85 bits per heavy atom. The zero-order valence-corrected chi connectivity index (χ0v) is 13.4. The second-order valence-corrected chi connectivity index (χ2v) is 7.16. The summed E-state index contributed by atoms with van der Waals surface area (Å²) >= 11 is 5.97. The second-order valence-electron chi connectivity index (χ2n) is 6.72. The standard InChI is InChI=1S/C17H26ClNO/c1-17(2)8-4-10-19(12-9-17)11-7-16(20)14-5-3-6-15(18)13-14/h3,5-6,13,16,20H,4,7-12H2,1-2H3. The first kappa shape index (κ1) is 15.8. The SMILES string of the molecule is CC1(C)CCCN(CCC(O)c2cccc(Cl)c2)CC1. The number of likely N-dealkylation sites (tertiary alicyclic amines) is 1. The summed E-state index contributed by atoms with van der Waals surface area (Å²) in [6.07, 6.45) is 4.19. The van der Waals surface area contributed by atoms with Crippen LogP contribution in [0.4, 0.5) is 0 Å². The number of aliphatic hydroxyl groups excluding tert-OH is 1. The summed E-state index contributed by atoms with van der Waals surface area (Å²) in [5, 5.41) is 11.0. The van der Waals surface area contributed by atoms with Crippen molar-refractivity contribution in [3.05, 3.63) is 34.9 Å². The van der Waals surface area contributed by atoms with Gasteiger partial charge in [-0.25, -0.2) is 0 Å². The Morgan fingerprint density at radius 2 is 2.10 bits per heavy atom. The van der Waals surface area contributed by atoms with Crippen molar-refractivity contribution in [3.63, 3.8) is 0 Å². The van der Waals surface area contributed by atoms with E-state index in [-0.39, 0.29) is 0 Å². The molecule has 1 unspecified atom stereocenters. The molecule has 1 aliphatic heterocycles. The fraction of sp³-hybridized carbons (Fsp3) is 0.647. The molecular weight excluding hydrogens is 270 g/mol. The average molecular weight is 296 g/mol. The van der Waals surface area contributed by atoms with Crippen molar-refractivity contribution in [2.45, 2.75) is 45.6 Å². The van der Waals surface area contributed by atoms with E-state index in [0.717, 1.165) is 31.6 Å². The van der Waals surface area contributed by atoms with Crippen LogP contribution in [0.2, 0.25) is 5.02 Å². The van der Waals surface area contributed by atoms with Crippen molar-refractivity contribution < 1.29 is 5.11 Å². The summed E-state index contributed by atoms with van der Waals surface area (Å²) in [4.78, 5) is 2.49. The average Bonchev–Trinajstić information content (AvgIpc) is 2.57. The van der Waals surface area contributed by atoms with Gasteiger partial charge in [0.05, 0.1) is 6.10 Å². The van der Waals surface area contributed by atoms with E-state index >= 15 is 0 Å². The molecule has 0 aromatic heterocycles. The molecule has 1 N–H and O–H groups in total. The lowest BCUT2D eigenvalue weighted by molar-refractivity contribution is 0.142. The lowest BCUT2D eigenvalue weighted by atomic mass is 9.85. The van der Waals surface area contributed by atoms with Crippen molar-refractivity contribution >= 4 is 11.6 Å². The maximum absolute atomic E-state index is 10.3. The molecule has 0 spiro atoms. The third-order valence-corrected chi connectivity index (χ3v) is 4.62. The highest BCUT2D eigenvalue weighted by atomic mass is 35.5. The molecule has 1 aromatic carbocycles. The summed E-state index contributed by atoms with van der Waals surface area (Å²) in [5.74, 6) is 0. The lowest BCUT2D eigenvalue weighted by Gasteiger charge is -2.24. The van der Waals surface area contributed by atoms with E-state index < -0.39 is 6.10 Å². The third-order valence-electron chi connectivity index (χ3n) is 4.38. The highest BCUT2D eigenvalue weighted by Gasteiger charge is 2.23. The number of nitrogens with zero attached hydrogens (tertiary/aromatic N) is 1. The van der Waals surface area contributed by atoms with Crippen LogP contribution in [0.5, 0.6) is 0 Å². The minimum absolute atomic E-state index is 0.412. The van der Waals surface area contributed by atoms with Crippen LogP contribution in [0.1, 0.15) is 51.2 Å².